The van der Waals surface area contributed by atoms with E-state index in [9.17, 15) is 0 Å². The van der Waals surface area contributed by atoms with Crippen LogP contribution in [0.1, 0.15) is 18.9 Å². The van der Waals surface area contributed by atoms with E-state index in [4.69, 9.17) is 17.3 Å². The monoisotopic (exact) mass is 226 g/mol. The van der Waals surface area contributed by atoms with E-state index < -0.39 is 0 Å². The van der Waals surface area contributed by atoms with Gasteiger partial charge in [0, 0.05) is 17.3 Å². The summed E-state index contributed by atoms with van der Waals surface area (Å²) < 4.78 is 0. The van der Waals surface area contributed by atoms with Gasteiger partial charge in [-0.3, -0.25) is 0 Å². The molecule has 0 saturated carbocycles. The van der Waals surface area contributed by atoms with Gasteiger partial charge < -0.3 is 11.1 Å². The second kappa shape index (κ2) is 5.99. The van der Waals surface area contributed by atoms with E-state index in [2.05, 4.69) is 12.2 Å². The zero-order valence-corrected chi connectivity index (χ0v) is 10.1. The van der Waals surface area contributed by atoms with Gasteiger partial charge in [0.05, 0.1) is 0 Å². The Labute approximate surface area is 96.8 Å². The molecule has 1 aromatic rings. The molecule has 0 aliphatic carbocycles. The Balaban J connectivity index is 2.54. The molecule has 3 heteroatoms. The maximum atomic E-state index is 6.03. The van der Waals surface area contributed by atoms with Gasteiger partial charge in [0.2, 0.25) is 0 Å². The molecule has 0 fully saturated rings. The standard InChI is InChI=1S/C12H19ClN2/c1-3-10(7-14)8-15-11-5-4-9(2)12(13)6-11/h4-6,10,15H,3,7-8,14H2,1-2H3. The number of rotatable bonds is 5. The predicted octanol–water partition coefficient (Wildman–Crippen LogP) is 3.05. The third-order valence-corrected chi connectivity index (χ3v) is 3.08. The number of nitrogens with one attached hydrogen (secondary N) is 1. The Hall–Kier alpha value is -0.730. The molecule has 15 heavy (non-hydrogen) atoms. The third kappa shape index (κ3) is 3.73. The van der Waals surface area contributed by atoms with Crippen molar-refractivity contribution in [3.8, 4) is 0 Å². The lowest BCUT2D eigenvalue weighted by atomic mass is 10.1. The van der Waals surface area contributed by atoms with Crippen LogP contribution in [0.25, 0.3) is 0 Å². The average Bonchev–Trinajstić information content (AvgIpc) is 2.24. The van der Waals surface area contributed by atoms with Gasteiger partial charge in [0.15, 0.2) is 0 Å². The third-order valence-electron chi connectivity index (χ3n) is 2.68. The maximum Gasteiger partial charge on any atom is 0.0455 e. The molecule has 0 aliphatic rings. The van der Waals surface area contributed by atoms with E-state index in [1.165, 1.54) is 0 Å². The summed E-state index contributed by atoms with van der Waals surface area (Å²) in [6.45, 7) is 5.79. The first kappa shape index (κ1) is 12.3. The highest BCUT2D eigenvalue weighted by molar-refractivity contribution is 6.31. The minimum atomic E-state index is 0.532. The van der Waals surface area contributed by atoms with Crippen LogP contribution in [-0.4, -0.2) is 13.1 Å². The van der Waals surface area contributed by atoms with Crippen molar-refractivity contribution in [2.75, 3.05) is 18.4 Å². The van der Waals surface area contributed by atoms with Crippen molar-refractivity contribution in [1.29, 1.82) is 0 Å². The van der Waals surface area contributed by atoms with Gasteiger partial charge in [-0.25, -0.2) is 0 Å². The van der Waals surface area contributed by atoms with E-state index in [-0.39, 0.29) is 0 Å². The van der Waals surface area contributed by atoms with Crippen molar-refractivity contribution in [2.45, 2.75) is 20.3 Å². The number of nitrogens with two attached hydrogens (primary N) is 1. The lowest BCUT2D eigenvalue weighted by Crippen LogP contribution is -2.22. The highest BCUT2D eigenvalue weighted by Crippen LogP contribution is 2.20. The lowest BCUT2D eigenvalue weighted by Gasteiger charge is -2.14. The van der Waals surface area contributed by atoms with Crippen LogP contribution >= 0.6 is 11.6 Å². The summed E-state index contributed by atoms with van der Waals surface area (Å²) in [7, 11) is 0. The predicted molar refractivity (Wildman–Crippen MR) is 67.5 cm³/mol. The zero-order chi connectivity index (χ0) is 11.3. The molecule has 0 aliphatic heterocycles. The minimum Gasteiger partial charge on any atom is -0.385 e. The zero-order valence-electron chi connectivity index (χ0n) is 9.39. The van der Waals surface area contributed by atoms with E-state index in [1.807, 2.05) is 25.1 Å². The van der Waals surface area contributed by atoms with E-state index in [1.54, 1.807) is 0 Å². The molecular formula is C12H19ClN2. The van der Waals surface area contributed by atoms with Gasteiger partial charge in [-0.05, 0) is 37.1 Å². The Morgan fingerprint density at radius 3 is 2.73 bits per heavy atom. The molecular weight excluding hydrogens is 208 g/mol. The lowest BCUT2D eigenvalue weighted by molar-refractivity contribution is 0.548. The number of hydrogen-bond donors (Lipinski definition) is 2. The summed E-state index contributed by atoms with van der Waals surface area (Å²) >= 11 is 6.03. The molecule has 84 valence electrons. The van der Waals surface area contributed by atoms with Crippen molar-refractivity contribution >= 4 is 17.3 Å². The second-order valence-corrected chi connectivity index (χ2v) is 4.26. The quantitative estimate of drug-likeness (QED) is 0.810. The fraction of sp³-hybridized carbons (Fsp3) is 0.500. The topological polar surface area (TPSA) is 38.0 Å². The Morgan fingerprint density at radius 2 is 2.20 bits per heavy atom. The molecule has 0 spiro atoms. The molecule has 2 nitrogen and oxygen atoms in total. The molecule has 1 atom stereocenters. The summed E-state index contributed by atoms with van der Waals surface area (Å²) in [6, 6.07) is 6.03. The van der Waals surface area contributed by atoms with Crippen molar-refractivity contribution in [3.63, 3.8) is 0 Å². The number of hydrogen-bond acceptors (Lipinski definition) is 2. The van der Waals surface area contributed by atoms with Crippen molar-refractivity contribution in [1.82, 2.24) is 0 Å². The normalized spacial score (nSPS) is 12.5. The second-order valence-electron chi connectivity index (χ2n) is 3.85. The molecule has 1 unspecified atom stereocenters. The molecule has 1 aromatic carbocycles. The number of aryl methyl sites for hydroxylation is 1. The molecule has 0 aromatic heterocycles. The number of benzene rings is 1. The summed E-state index contributed by atoms with van der Waals surface area (Å²) in [5.41, 5.74) is 7.81. The summed E-state index contributed by atoms with van der Waals surface area (Å²) in [6.07, 6.45) is 1.10. The van der Waals surface area contributed by atoms with Gasteiger partial charge in [0.25, 0.3) is 0 Å². The van der Waals surface area contributed by atoms with E-state index in [0.717, 1.165) is 35.8 Å². The summed E-state index contributed by atoms with van der Waals surface area (Å²) in [4.78, 5) is 0. The first-order chi connectivity index (χ1) is 7.17. The average molecular weight is 227 g/mol. The fourth-order valence-corrected chi connectivity index (χ4v) is 1.54. The van der Waals surface area contributed by atoms with Gasteiger partial charge in [-0.1, -0.05) is 31.0 Å². The molecule has 3 N–H and O–H groups in total. The fourth-order valence-electron chi connectivity index (χ4n) is 1.36. The molecule has 0 radical (unpaired) electrons. The van der Waals surface area contributed by atoms with Crippen LogP contribution in [-0.2, 0) is 0 Å². The highest BCUT2D eigenvalue weighted by atomic mass is 35.5. The van der Waals surface area contributed by atoms with Crippen LogP contribution in [0.2, 0.25) is 5.02 Å². The Morgan fingerprint density at radius 1 is 1.47 bits per heavy atom. The smallest absolute Gasteiger partial charge is 0.0455 e. The van der Waals surface area contributed by atoms with Crippen LogP contribution in [0.4, 0.5) is 5.69 Å². The maximum absolute atomic E-state index is 6.03. The highest BCUT2D eigenvalue weighted by Gasteiger charge is 2.03. The first-order valence-electron chi connectivity index (χ1n) is 5.37. The Kier molecular flexibility index (Phi) is 4.92. The van der Waals surface area contributed by atoms with Gasteiger partial charge >= 0.3 is 0 Å². The molecule has 0 bridgehead atoms. The summed E-state index contributed by atoms with van der Waals surface area (Å²) in [5, 5.41) is 4.16. The minimum absolute atomic E-state index is 0.532. The van der Waals surface area contributed by atoms with Gasteiger partial charge in [-0.15, -0.1) is 0 Å². The van der Waals surface area contributed by atoms with Gasteiger partial charge in [0.1, 0.15) is 0 Å². The van der Waals surface area contributed by atoms with Crippen LogP contribution in [0, 0.1) is 12.8 Å². The first-order valence-corrected chi connectivity index (χ1v) is 5.75. The Bertz CT molecular complexity index is 308. The number of halogens is 1. The van der Waals surface area contributed by atoms with E-state index in [0.29, 0.717) is 5.92 Å². The summed E-state index contributed by atoms with van der Waals surface area (Å²) in [5.74, 6) is 0.532. The molecule has 0 heterocycles. The largest absolute Gasteiger partial charge is 0.385 e. The number of anilines is 1. The molecule has 0 saturated heterocycles. The SMILES string of the molecule is CCC(CN)CNc1ccc(C)c(Cl)c1. The van der Waals surface area contributed by atoms with Crippen LogP contribution in [0.5, 0.6) is 0 Å². The van der Waals surface area contributed by atoms with Crippen molar-refractivity contribution in [3.05, 3.63) is 28.8 Å². The van der Waals surface area contributed by atoms with Crippen molar-refractivity contribution < 1.29 is 0 Å². The van der Waals surface area contributed by atoms with Crippen LogP contribution in [0.3, 0.4) is 0 Å². The van der Waals surface area contributed by atoms with E-state index >= 15 is 0 Å². The van der Waals surface area contributed by atoms with Gasteiger partial charge in [-0.2, -0.15) is 0 Å². The van der Waals surface area contributed by atoms with Crippen molar-refractivity contribution in [2.24, 2.45) is 11.7 Å². The molecule has 0 amide bonds. The van der Waals surface area contributed by atoms with Crippen LogP contribution < -0.4 is 11.1 Å². The van der Waals surface area contributed by atoms with Crippen LogP contribution in [0.15, 0.2) is 18.2 Å². The molecule has 1 rings (SSSR count).